The molecule has 0 saturated carbocycles. The topological polar surface area (TPSA) is 149 Å². The molecule has 0 unspecified atom stereocenters. The van der Waals surface area contributed by atoms with Crippen molar-refractivity contribution in [1.29, 1.82) is 0 Å². The molecule has 0 bridgehead atoms. The zero-order valence-electron chi connectivity index (χ0n) is 28.3. The summed E-state index contributed by atoms with van der Waals surface area (Å²) in [7, 11) is -4.35. The van der Waals surface area contributed by atoms with E-state index in [-0.39, 0.29) is 64.6 Å². The summed E-state index contributed by atoms with van der Waals surface area (Å²) in [4.78, 5) is 37.7. The monoisotopic (exact) mass is 658 g/mol. The van der Waals surface area contributed by atoms with Crippen LogP contribution in [0.3, 0.4) is 0 Å². The number of carbonyl (C=O) groups is 2. The molecule has 0 radical (unpaired) electrons. The van der Waals surface area contributed by atoms with Gasteiger partial charge in [0.15, 0.2) is 11.2 Å². The van der Waals surface area contributed by atoms with Crippen LogP contribution in [-0.2, 0) is 33.9 Å². The zero-order chi connectivity index (χ0) is 34.1. The maximum Gasteiger partial charge on any atom is 0.341 e. The van der Waals surface area contributed by atoms with Crippen molar-refractivity contribution in [1.82, 2.24) is 19.5 Å². The van der Waals surface area contributed by atoms with Crippen molar-refractivity contribution in [2.75, 3.05) is 6.61 Å². The minimum atomic E-state index is -4.35. The first-order valence-electron chi connectivity index (χ1n) is 15.8. The third kappa shape index (κ3) is 7.52. The summed E-state index contributed by atoms with van der Waals surface area (Å²) in [5.74, 6) is -1.68. The average molecular weight is 659 g/mol. The van der Waals surface area contributed by atoms with E-state index in [1.54, 1.807) is 32.3 Å². The van der Waals surface area contributed by atoms with Gasteiger partial charge in [-0.15, -0.1) is 0 Å². The van der Waals surface area contributed by atoms with Gasteiger partial charge in [0.25, 0.3) is 5.88 Å². The van der Waals surface area contributed by atoms with Crippen LogP contribution in [0.1, 0.15) is 116 Å². The molecule has 12 nitrogen and oxygen atoms in total. The lowest BCUT2D eigenvalue weighted by Gasteiger charge is -2.22. The number of imidazole rings is 1. The average Bonchev–Trinajstić information content (AvgIpc) is 3.59. The van der Waals surface area contributed by atoms with Gasteiger partial charge in [0.1, 0.15) is 36.3 Å². The molecular weight excluding hydrogens is 612 g/mol. The second-order valence-electron chi connectivity index (χ2n) is 13.3. The molecule has 2 aromatic heterocycles. The Bertz CT molecular complexity index is 1650. The first-order valence-corrected chi connectivity index (χ1v) is 17.2. The maximum absolute atomic E-state index is 14.0. The van der Waals surface area contributed by atoms with Crippen molar-refractivity contribution >= 4 is 33.2 Å². The highest BCUT2D eigenvalue weighted by Gasteiger charge is 2.41. The van der Waals surface area contributed by atoms with Gasteiger partial charge in [-0.1, -0.05) is 81.4 Å². The van der Waals surface area contributed by atoms with Crippen LogP contribution in [0.5, 0.6) is 5.88 Å². The second-order valence-corrected chi connectivity index (χ2v) is 14.8. The standard InChI is InChI=1S/C33H46N4O8S/c1-17(2)22-11-23(18(3)4)29(24(12-22)19(5)6)46(40,41)45-31-28-30(34-15-35-31)37(16-36-28)27-13-25(44-33(39)21(9)10)26(43-27)14-42-32(38)20(7)8/h11-12,15-21,25-27H,13-14H2,1-10H3/t25-,26+,27+/m0/s1. The van der Waals surface area contributed by atoms with Crippen molar-refractivity contribution in [3.8, 4) is 5.88 Å². The van der Waals surface area contributed by atoms with Gasteiger partial charge in [-0.05, 0) is 34.4 Å². The Morgan fingerprint density at radius 2 is 1.50 bits per heavy atom. The lowest BCUT2D eigenvalue weighted by molar-refractivity contribution is -0.162. The molecule has 0 aliphatic carbocycles. The highest BCUT2D eigenvalue weighted by atomic mass is 32.2. The molecular formula is C33H46N4O8S. The number of esters is 2. The Kier molecular flexibility index (Phi) is 10.8. The van der Waals surface area contributed by atoms with Gasteiger partial charge in [0.2, 0.25) is 0 Å². The lowest BCUT2D eigenvalue weighted by Crippen LogP contribution is -2.33. The molecule has 1 aliphatic rings. The van der Waals surface area contributed by atoms with Crippen LogP contribution in [0.25, 0.3) is 11.2 Å². The highest BCUT2D eigenvalue weighted by Crippen LogP contribution is 2.38. The quantitative estimate of drug-likeness (QED) is 0.166. The van der Waals surface area contributed by atoms with E-state index in [4.69, 9.17) is 18.4 Å². The van der Waals surface area contributed by atoms with E-state index in [9.17, 15) is 18.0 Å². The van der Waals surface area contributed by atoms with E-state index in [0.717, 1.165) is 5.56 Å². The van der Waals surface area contributed by atoms with Crippen molar-refractivity contribution in [2.24, 2.45) is 11.8 Å². The predicted octanol–water partition coefficient (Wildman–Crippen LogP) is 6.02. The number of benzene rings is 1. The third-order valence-corrected chi connectivity index (χ3v) is 9.28. The summed E-state index contributed by atoms with van der Waals surface area (Å²) in [6.45, 7) is 18.8. The molecule has 1 aliphatic heterocycles. The summed E-state index contributed by atoms with van der Waals surface area (Å²) in [6.07, 6.45) is 0.734. The normalized spacial score (nSPS) is 18.8. The second kappa shape index (κ2) is 14.0. The highest BCUT2D eigenvalue weighted by molar-refractivity contribution is 7.87. The molecule has 13 heteroatoms. The maximum atomic E-state index is 14.0. The fourth-order valence-corrected chi connectivity index (χ4v) is 6.77. The number of rotatable bonds is 12. The zero-order valence-corrected chi connectivity index (χ0v) is 29.1. The van der Waals surface area contributed by atoms with Gasteiger partial charge in [0.05, 0.1) is 18.2 Å². The number of fused-ring (bicyclic) bond motifs is 1. The summed E-state index contributed by atoms with van der Waals surface area (Å²) in [6, 6.07) is 3.88. The first kappa shape index (κ1) is 35.3. The molecule has 46 heavy (non-hydrogen) atoms. The van der Waals surface area contributed by atoms with Crippen LogP contribution in [0, 0.1) is 11.8 Å². The number of hydrogen-bond acceptors (Lipinski definition) is 11. The van der Waals surface area contributed by atoms with Crippen molar-refractivity contribution in [3.63, 3.8) is 0 Å². The molecule has 252 valence electrons. The van der Waals surface area contributed by atoms with Gasteiger partial charge in [-0.25, -0.2) is 9.97 Å². The molecule has 1 saturated heterocycles. The Morgan fingerprint density at radius 1 is 0.891 bits per heavy atom. The van der Waals surface area contributed by atoms with Crippen molar-refractivity contribution in [2.45, 2.75) is 117 Å². The minimum Gasteiger partial charge on any atom is -0.463 e. The predicted molar refractivity (Wildman–Crippen MR) is 171 cm³/mol. The Labute approximate surface area is 271 Å². The van der Waals surface area contributed by atoms with Gasteiger partial charge < -0.3 is 18.4 Å². The van der Waals surface area contributed by atoms with E-state index in [1.807, 2.05) is 39.8 Å². The Balaban J connectivity index is 1.69. The van der Waals surface area contributed by atoms with Gasteiger partial charge in [-0.3, -0.25) is 14.2 Å². The molecule has 3 aromatic rings. The van der Waals surface area contributed by atoms with Crippen LogP contribution in [0.15, 0.2) is 29.7 Å². The molecule has 0 spiro atoms. The fraction of sp³-hybridized carbons (Fsp3) is 0.606. The fourth-order valence-electron chi connectivity index (χ4n) is 5.19. The first-order chi connectivity index (χ1) is 21.5. The minimum absolute atomic E-state index is 0.0841. The van der Waals surface area contributed by atoms with E-state index in [2.05, 4.69) is 28.8 Å². The summed E-state index contributed by atoms with van der Waals surface area (Å²) in [5, 5.41) is 0. The van der Waals surface area contributed by atoms with E-state index in [1.165, 1.54) is 12.7 Å². The number of aromatic nitrogens is 4. The van der Waals surface area contributed by atoms with Crippen LogP contribution in [-0.4, -0.2) is 58.7 Å². The number of carbonyl (C=O) groups excluding carboxylic acids is 2. The third-order valence-electron chi connectivity index (χ3n) is 7.93. The van der Waals surface area contributed by atoms with E-state index < -0.39 is 40.5 Å². The van der Waals surface area contributed by atoms with Crippen molar-refractivity contribution in [3.05, 3.63) is 41.5 Å². The summed E-state index contributed by atoms with van der Waals surface area (Å²) >= 11 is 0. The van der Waals surface area contributed by atoms with Gasteiger partial charge in [0, 0.05) is 6.42 Å². The molecule has 3 atom stereocenters. The molecule has 0 amide bonds. The van der Waals surface area contributed by atoms with Crippen LogP contribution in [0.2, 0.25) is 0 Å². The van der Waals surface area contributed by atoms with Gasteiger partial charge >= 0.3 is 22.1 Å². The molecule has 1 fully saturated rings. The Hall–Kier alpha value is -3.58. The van der Waals surface area contributed by atoms with Crippen molar-refractivity contribution < 1.29 is 36.4 Å². The summed E-state index contributed by atoms with van der Waals surface area (Å²) < 4.78 is 52.7. The van der Waals surface area contributed by atoms with Crippen LogP contribution >= 0.6 is 0 Å². The summed E-state index contributed by atoms with van der Waals surface area (Å²) in [5.41, 5.74) is 2.80. The number of nitrogens with zero attached hydrogens (tertiary/aromatic N) is 4. The number of hydrogen-bond donors (Lipinski definition) is 0. The molecule has 0 N–H and O–H groups in total. The lowest BCUT2D eigenvalue weighted by atomic mass is 9.89. The molecule has 3 heterocycles. The van der Waals surface area contributed by atoms with Crippen LogP contribution in [0.4, 0.5) is 0 Å². The van der Waals surface area contributed by atoms with Gasteiger partial charge in [-0.2, -0.15) is 13.4 Å². The number of ether oxygens (including phenoxy) is 3. The largest absolute Gasteiger partial charge is 0.463 e. The SMILES string of the molecule is CC(C)C(=O)OC[C@H]1O[C@@H](n2cnc3c(OS(=O)(=O)c4c(C(C)C)cc(C(C)C)cc4C(C)C)ncnc32)C[C@@H]1OC(=O)C(C)C. The van der Waals surface area contributed by atoms with E-state index in [0.29, 0.717) is 11.1 Å². The Morgan fingerprint density at radius 3 is 2.04 bits per heavy atom. The van der Waals surface area contributed by atoms with Crippen LogP contribution < -0.4 is 4.18 Å². The molecule has 1 aromatic carbocycles. The van der Waals surface area contributed by atoms with E-state index >= 15 is 0 Å². The smallest absolute Gasteiger partial charge is 0.341 e. The molecule has 4 rings (SSSR count).